The molecule has 0 saturated carbocycles. The molecule has 0 bridgehead atoms. The van der Waals surface area contributed by atoms with E-state index in [4.69, 9.17) is 0 Å². The maximum atomic E-state index is 11.8. The van der Waals surface area contributed by atoms with Gasteiger partial charge in [0.05, 0.1) is 16.8 Å². The summed E-state index contributed by atoms with van der Waals surface area (Å²) in [6.45, 7) is 0. The van der Waals surface area contributed by atoms with E-state index in [2.05, 4.69) is 10.2 Å². The van der Waals surface area contributed by atoms with Gasteiger partial charge < -0.3 is 5.11 Å². The molecular formula is C9H8N4O5S. The minimum Gasteiger partial charge on any atom is -0.506 e. The smallest absolute Gasteiger partial charge is 0.271 e. The van der Waals surface area contributed by atoms with Gasteiger partial charge in [-0.05, 0) is 6.07 Å². The highest BCUT2D eigenvalue weighted by molar-refractivity contribution is 7.92. The number of benzene rings is 1. The Morgan fingerprint density at radius 3 is 2.74 bits per heavy atom. The van der Waals surface area contributed by atoms with Gasteiger partial charge in [-0.2, -0.15) is 5.10 Å². The number of aromatic nitrogens is 2. The summed E-state index contributed by atoms with van der Waals surface area (Å²) < 4.78 is 25.7. The van der Waals surface area contributed by atoms with E-state index < -0.39 is 20.7 Å². The standard InChI is InChI=1S/C9H8N4O5S/c14-9-2-1-6(13(15)16)3-8(9)12-19(17,18)7-4-10-11-5-7/h1-5,12,14H,(H,10,11). The Morgan fingerprint density at radius 2 is 2.16 bits per heavy atom. The molecule has 0 saturated heterocycles. The molecule has 19 heavy (non-hydrogen) atoms. The van der Waals surface area contributed by atoms with Crippen LogP contribution < -0.4 is 4.72 Å². The van der Waals surface area contributed by atoms with Crippen molar-refractivity contribution in [3.63, 3.8) is 0 Å². The molecule has 0 atom stereocenters. The van der Waals surface area contributed by atoms with Crippen LogP contribution >= 0.6 is 0 Å². The number of non-ortho nitro benzene ring substituents is 1. The van der Waals surface area contributed by atoms with E-state index in [9.17, 15) is 23.6 Å². The zero-order chi connectivity index (χ0) is 14.0. The van der Waals surface area contributed by atoms with Gasteiger partial charge in [-0.15, -0.1) is 0 Å². The van der Waals surface area contributed by atoms with Gasteiger partial charge in [0.1, 0.15) is 10.6 Å². The number of nitrogens with zero attached hydrogens (tertiary/aromatic N) is 2. The molecular weight excluding hydrogens is 276 g/mol. The number of rotatable bonds is 4. The number of hydrogen-bond donors (Lipinski definition) is 3. The Hall–Kier alpha value is -2.62. The van der Waals surface area contributed by atoms with Gasteiger partial charge in [0.25, 0.3) is 15.7 Å². The van der Waals surface area contributed by atoms with Crippen molar-refractivity contribution in [3.05, 3.63) is 40.7 Å². The fourth-order valence-electron chi connectivity index (χ4n) is 1.31. The van der Waals surface area contributed by atoms with Crippen LogP contribution in [0.15, 0.2) is 35.5 Å². The summed E-state index contributed by atoms with van der Waals surface area (Å²) in [6, 6.07) is 3.02. The molecule has 1 aromatic heterocycles. The first kappa shape index (κ1) is 12.8. The number of nitrogens with one attached hydrogen (secondary N) is 2. The number of sulfonamides is 1. The molecule has 10 heteroatoms. The molecule has 0 unspecified atom stereocenters. The number of nitro groups is 1. The van der Waals surface area contributed by atoms with Crippen LogP contribution in [0.4, 0.5) is 11.4 Å². The molecule has 2 aromatic rings. The highest BCUT2D eigenvalue weighted by Crippen LogP contribution is 2.29. The molecule has 0 spiro atoms. The molecule has 9 nitrogen and oxygen atoms in total. The van der Waals surface area contributed by atoms with Crippen LogP contribution in [0, 0.1) is 10.1 Å². The van der Waals surface area contributed by atoms with Crippen molar-refractivity contribution in [2.24, 2.45) is 0 Å². The van der Waals surface area contributed by atoms with Crippen molar-refractivity contribution >= 4 is 21.4 Å². The molecule has 0 aliphatic heterocycles. The average Bonchev–Trinajstić information content (AvgIpc) is 2.85. The summed E-state index contributed by atoms with van der Waals surface area (Å²) in [4.78, 5) is 9.74. The maximum absolute atomic E-state index is 11.8. The van der Waals surface area contributed by atoms with Crippen molar-refractivity contribution in [2.75, 3.05) is 4.72 Å². The summed E-state index contributed by atoms with van der Waals surface area (Å²) in [6.07, 6.45) is 2.20. The summed E-state index contributed by atoms with van der Waals surface area (Å²) >= 11 is 0. The van der Waals surface area contributed by atoms with Crippen molar-refractivity contribution in [2.45, 2.75) is 4.90 Å². The zero-order valence-corrected chi connectivity index (χ0v) is 10.1. The Bertz CT molecular complexity index is 710. The average molecular weight is 284 g/mol. The number of nitro benzene ring substituents is 1. The van der Waals surface area contributed by atoms with Crippen LogP contribution in [-0.2, 0) is 10.0 Å². The van der Waals surface area contributed by atoms with Gasteiger partial charge >= 0.3 is 0 Å². The Kier molecular flexibility index (Phi) is 3.09. The van der Waals surface area contributed by atoms with E-state index in [-0.39, 0.29) is 16.3 Å². The second-order valence-corrected chi connectivity index (χ2v) is 5.18. The Balaban J connectivity index is 2.39. The summed E-state index contributed by atoms with van der Waals surface area (Å²) in [5.74, 6) is -0.419. The van der Waals surface area contributed by atoms with E-state index in [1.807, 2.05) is 4.72 Å². The molecule has 3 N–H and O–H groups in total. The van der Waals surface area contributed by atoms with Gasteiger partial charge in [-0.1, -0.05) is 0 Å². The first-order chi connectivity index (χ1) is 8.90. The van der Waals surface area contributed by atoms with Crippen molar-refractivity contribution < 1.29 is 18.4 Å². The Morgan fingerprint density at radius 1 is 1.42 bits per heavy atom. The van der Waals surface area contributed by atoms with Crippen molar-refractivity contribution in [1.82, 2.24) is 10.2 Å². The lowest BCUT2D eigenvalue weighted by molar-refractivity contribution is -0.384. The first-order valence-electron chi connectivity index (χ1n) is 4.89. The quantitative estimate of drug-likeness (QED) is 0.431. The summed E-state index contributed by atoms with van der Waals surface area (Å²) in [7, 11) is -3.96. The van der Waals surface area contributed by atoms with Crippen LogP contribution in [0.1, 0.15) is 0 Å². The molecule has 0 amide bonds. The van der Waals surface area contributed by atoms with E-state index in [0.29, 0.717) is 0 Å². The van der Waals surface area contributed by atoms with Gasteiger partial charge in [0.15, 0.2) is 0 Å². The minimum absolute atomic E-state index is 0.154. The van der Waals surface area contributed by atoms with E-state index in [0.717, 1.165) is 30.6 Å². The van der Waals surface area contributed by atoms with Gasteiger partial charge in [-0.25, -0.2) is 8.42 Å². The topological polar surface area (TPSA) is 138 Å². The third-order valence-electron chi connectivity index (χ3n) is 2.22. The number of aromatic hydroxyl groups is 1. The van der Waals surface area contributed by atoms with Crippen molar-refractivity contribution in [1.29, 1.82) is 0 Å². The predicted octanol–water partition coefficient (Wildman–Crippen LogP) is 0.824. The number of aromatic amines is 1. The molecule has 100 valence electrons. The third-order valence-corrected chi connectivity index (χ3v) is 3.55. The second kappa shape index (κ2) is 4.57. The number of phenols is 1. The number of anilines is 1. The molecule has 1 aromatic carbocycles. The van der Waals surface area contributed by atoms with E-state index in [1.165, 1.54) is 0 Å². The fourth-order valence-corrected chi connectivity index (χ4v) is 2.28. The van der Waals surface area contributed by atoms with Gasteiger partial charge in [0.2, 0.25) is 0 Å². The second-order valence-electron chi connectivity index (χ2n) is 3.50. The van der Waals surface area contributed by atoms with E-state index in [1.54, 1.807) is 0 Å². The lowest BCUT2D eigenvalue weighted by Gasteiger charge is -2.07. The SMILES string of the molecule is O=[N+]([O-])c1ccc(O)c(NS(=O)(=O)c2cn[nH]c2)c1. The molecule has 0 radical (unpaired) electrons. The normalized spacial score (nSPS) is 11.2. The lowest BCUT2D eigenvalue weighted by atomic mass is 10.2. The van der Waals surface area contributed by atoms with Crippen LogP contribution in [0.2, 0.25) is 0 Å². The van der Waals surface area contributed by atoms with Crippen LogP contribution in [0.3, 0.4) is 0 Å². The van der Waals surface area contributed by atoms with Crippen LogP contribution in [0.25, 0.3) is 0 Å². The molecule has 0 aliphatic carbocycles. The maximum Gasteiger partial charge on any atom is 0.271 e. The third kappa shape index (κ3) is 2.63. The monoisotopic (exact) mass is 284 g/mol. The summed E-state index contributed by atoms with van der Waals surface area (Å²) in [5.41, 5.74) is -0.627. The molecule has 1 heterocycles. The van der Waals surface area contributed by atoms with E-state index >= 15 is 0 Å². The van der Waals surface area contributed by atoms with Gasteiger partial charge in [0, 0.05) is 18.3 Å². The molecule has 0 fully saturated rings. The zero-order valence-electron chi connectivity index (χ0n) is 9.27. The van der Waals surface area contributed by atoms with Crippen LogP contribution in [0.5, 0.6) is 5.75 Å². The van der Waals surface area contributed by atoms with Gasteiger partial charge in [-0.3, -0.25) is 19.9 Å². The summed E-state index contributed by atoms with van der Waals surface area (Å²) in [5, 5.41) is 25.9. The first-order valence-corrected chi connectivity index (χ1v) is 6.37. The fraction of sp³-hybridized carbons (Fsp3) is 0. The molecule has 2 rings (SSSR count). The van der Waals surface area contributed by atoms with Crippen molar-refractivity contribution in [3.8, 4) is 5.75 Å². The Labute approximate surface area is 107 Å². The largest absolute Gasteiger partial charge is 0.506 e. The highest BCUT2D eigenvalue weighted by Gasteiger charge is 2.19. The van der Waals surface area contributed by atoms with Crippen LogP contribution in [-0.4, -0.2) is 28.6 Å². The predicted molar refractivity (Wildman–Crippen MR) is 64.2 cm³/mol. The highest BCUT2D eigenvalue weighted by atomic mass is 32.2. The number of H-pyrrole nitrogens is 1. The molecule has 0 aliphatic rings. The lowest BCUT2D eigenvalue weighted by Crippen LogP contribution is -2.12. The number of phenolic OH excluding ortho intramolecular Hbond substituents is 1. The minimum atomic E-state index is -3.96. The number of hydrogen-bond acceptors (Lipinski definition) is 6.